The van der Waals surface area contributed by atoms with Gasteiger partial charge in [-0.1, -0.05) is 30.3 Å². The van der Waals surface area contributed by atoms with Crippen LogP contribution in [0.15, 0.2) is 65.8 Å². The second kappa shape index (κ2) is 6.79. The molecule has 0 unspecified atom stereocenters. The summed E-state index contributed by atoms with van der Waals surface area (Å²) in [6.45, 7) is 0. The minimum Gasteiger partial charge on any atom is -0.507 e. The number of phenols is 1. The molecule has 7 nitrogen and oxygen atoms in total. The molecule has 0 radical (unpaired) electrons. The standard InChI is InChI=1S/C18H13N3O4/c22-17-14(6-5-12-3-1-2-4-16(12)17)11-19-20-18(23)13-7-9-15(10-8-13)21(24)25/h1-11,22H,(H,20,23)/b19-11+. The number of phenolic OH excluding ortho intramolecular Hbond substituents is 1. The van der Waals surface area contributed by atoms with E-state index in [9.17, 15) is 20.0 Å². The summed E-state index contributed by atoms with van der Waals surface area (Å²) in [5, 5.41) is 26.2. The summed E-state index contributed by atoms with van der Waals surface area (Å²) in [5.41, 5.74) is 2.93. The minimum absolute atomic E-state index is 0.0754. The van der Waals surface area contributed by atoms with Crippen LogP contribution in [0.3, 0.4) is 0 Å². The fourth-order valence-electron chi connectivity index (χ4n) is 2.34. The number of non-ortho nitro benzene ring substituents is 1. The topological polar surface area (TPSA) is 105 Å². The normalized spacial score (nSPS) is 10.9. The number of nitro groups is 1. The Morgan fingerprint density at radius 3 is 2.52 bits per heavy atom. The average molecular weight is 335 g/mol. The van der Waals surface area contributed by atoms with Crippen molar-refractivity contribution in [1.29, 1.82) is 0 Å². The number of carbonyl (C=O) groups is 1. The summed E-state index contributed by atoms with van der Waals surface area (Å²) < 4.78 is 0. The predicted molar refractivity (Wildman–Crippen MR) is 93.8 cm³/mol. The van der Waals surface area contributed by atoms with Gasteiger partial charge < -0.3 is 5.11 Å². The third-order valence-electron chi connectivity index (χ3n) is 3.64. The molecule has 0 fully saturated rings. The maximum Gasteiger partial charge on any atom is 0.271 e. The zero-order valence-corrected chi connectivity index (χ0v) is 12.9. The smallest absolute Gasteiger partial charge is 0.271 e. The second-order valence-corrected chi connectivity index (χ2v) is 5.23. The number of hydrazone groups is 1. The number of nitrogens with one attached hydrogen (secondary N) is 1. The minimum atomic E-state index is -0.539. The number of nitro benzene ring substituents is 1. The first-order chi connectivity index (χ1) is 12.1. The number of fused-ring (bicyclic) bond motifs is 1. The molecular formula is C18H13N3O4. The molecule has 25 heavy (non-hydrogen) atoms. The van der Waals surface area contributed by atoms with E-state index < -0.39 is 10.8 Å². The van der Waals surface area contributed by atoms with Gasteiger partial charge in [-0.25, -0.2) is 5.43 Å². The molecule has 0 bridgehead atoms. The number of rotatable bonds is 4. The van der Waals surface area contributed by atoms with Crippen molar-refractivity contribution in [3.05, 3.63) is 81.9 Å². The van der Waals surface area contributed by atoms with Crippen molar-refractivity contribution < 1.29 is 14.8 Å². The molecule has 0 aliphatic rings. The summed E-state index contributed by atoms with van der Waals surface area (Å²) in [7, 11) is 0. The van der Waals surface area contributed by atoms with Crippen molar-refractivity contribution in [3.63, 3.8) is 0 Å². The highest BCUT2D eigenvalue weighted by Crippen LogP contribution is 2.27. The van der Waals surface area contributed by atoms with Gasteiger partial charge in [0.05, 0.1) is 11.1 Å². The van der Waals surface area contributed by atoms with Crippen LogP contribution in [-0.2, 0) is 0 Å². The summed E-state index contributed by atoms with van der Waals surface area (Å²) in [6, 6.07) is 16.1. The van der Waals surface area contributed by atoms with Gasteiger partial charge in [0.25, 0.3) is 11.6 Å². The van der Waals surface area contributed by atoms with E-state index in [1.165, 1.54) is 30.5 Å². The van der Waals surface area contributed by atoms with Gasteiger partial charge in [-0.15, -0.1) is 0 Å². The van der Waals surface area contributed by atoms with E-state index >= 15 is 0 Å². The molecule has 0 aromatic heterocycles. The zero-order chi connectivity index (χ0) is 17.8. The first-order valence-electron chi connectivity index (χ1n) is 7.35. The Labute approximate surface area is 142 Å². The number of amides is 1. The molecule has 0 heterocycles. The highest BCUT2D eigenvalue weighted by atomic mass is 16.6. The van der Waals surface area contributed by atoms with Crippen LogP contribution in [0.4, 0.5) is 5.69 Å². The van der Waals surface area contributed by atoms with Gasteiger partial charge in [0.15, 0.2) is 0 Å². The molecule has 0 aliphatic heterocycles. The number of benzene rings is 3. The SMILES string of the molecule is O=C(N/N=C/c1ccc2ccccc2c1O)c1ccc([N+](=O)[O-])cc1. The van der Waals surface area contributed by atoms with Gasteiger partial charge in [-0.3, -0.25) is 14.9 Å². The molecule has 7 heteroatoms. The highest BCUT2D eigenvalue weighted by Gasteiger charge is 2.09. The fourth-order valence-corrected chi connectivity index (χ4v) is 2.34. The Morgan fingerprint density at radius 1 is 1.08 bits per heavy atom. The molecule has 124 valence electrons. The monoisotopic (exact) mass is 335 g/mol. The number of nitrogens with zero attached hydrogens (tertiary/aromatic N) is 2. The fraction of sp³-hybridized carbons (Fsp3) is 0. The van der Waals surface area contributed by atoms with Crippen LogP contribution >= 0.6 is 0 Å². The van der Waals surface area contributed by atoms with E-state index in [4.69, 9.17) is 0 Å². The van der Waals surface area contributed by atoms with Gasteiger partial charge in [0.1, 0.15) is 5.75 Å². The van der Waals surface area contributed by atoms with Crippen molar-refractivity contribution >= 4 is 28.6 Å². The van der Waals surface area contributed by atoms with Gasteiger partial charge in [0, 0.05) is 28.6 Å². The predicted octanol–water partition coefficient (Wildman–Crippen LogP) is 3.22. The molecule has 0 spiro atoms. The number of hydrogen-bond acceptors (Lipinski definition) is 5. The quantitative estimate of drug-likeness (QED) is 0.434. The first kappa shape index (κ1) is 16.1. The average Bonchev–Trinajstić information content (AvgIpc) is 2.64. The molecule has 1 amide bonds. The second-order valence-electron chi connectivity index (χ2n) is 5.23. The maximum atomic E-state index is 12.0. The van der Waals surface area contributed by atoms with Crippen LogP contribution < -0.4 is 5.43 Å². The summed E-state index contributed by atoms with van der Waals surface area (Å²) in [4.78, 5) is 22.0. The van der Waals surface area contributed by atoms with E-state index in [-0.39, 0.29) is 17.0 Å². The number of carbonyl (C=O) groups excluding carboxylic acids is 1. The van der Waals surface area contributed by atoms with Gasteiger partial charge in [-0.2, -0.15) is 5.10 Å². The van der Waals surface area contributed by atoms with Crippen LogP contribution in [0.25, 0.3) is 10.8 Å². The lowest BCUT2D eigenvalue weighted by Gasteiger charge is -2.04. The zero-order valence-electron chi connectivity index (χ0n) is 12.9. The first-order valence-corrected chi connectivity index (χ1v) is 7.35. The number of hydrogen-bond donors (Lipinski definition) is 2. The molecule has 3 rings (SSSR count). The largest absolute Gasteiger partial charge is 0.507 e. The Morgan fingerprint density at radius 2 is 1.80 bits per heavy atom. The molecule has 0 atom stereocenters. The molecule has 3 aromatic carbocycles. The van der Waals surface area contributed by atoms with E-state index in [1.54, 1.807) is 12.1 Å². The van der Waals surface area contributed by atoms with Crippen molar-refractivity contribution in [2.24, 2.45) is 5.10 Å². The summed E-state index contributed by atoms with van der Waals surface area (Å²) in [6.07, 6.45) is 1.34. The maximum absolute atomic E-state index is 12.0. The van der Waals surface area contributed by atoms with Crippen LogP contribution in [0, 0.1) is 10.1 Å². The van der Waals surface area contributed by atoms with E-state index in [0.29, 0.717) is 10.9 Å². The third-order valence-corrected chi connectivity index (χ3v) is 3.64. The third kappa shape index (κ3) is 3.45. The summed E-state index contributed by atoms with van der Waals surface area (Å²) >= 11 is 0. The number of aromatic hydroxyl groups is 1. The lowest BCUT2D eigenvalue weighted by molar-refractivity contribution is -0.384. The van der Waals surface area contributed by atoms with Crippen molar-refractivity contribution in [1.82, 2.24) is 5.43 Å². The van der Waals surface area contributed by atoms with Crippen LogP contribution in [0.2, 0.25) is 0 Å². The molecule has 0 aliphatic carbocycles. The van der Waals surface area contributed by atoms with Crippen molar-refractivity contribution in [2.45, 2.75) is 0 Å². The van der Waals surface area contributed by atoms with Gasteiger partial charge in [0.2, 0.25) is 0 Å². The molecule has 3 aromatic rings. The van der Waals surface area contributed by atoms with E-state index in [1.807, 2.05) is 24.3 Å². The summed E-state index contributed by atoms with van der Waals surface area (Å²) in [5.74, 6) is -0.433. The Kier molecular flexibility index (Phi) is 4.38. The van der Waals surface area contributed by atoms with Crippen LogP contribution in [-0.4, -0.2) is 22.2 Å². The van der Waals surface area contributed by atoms with Crippen molar-refractivity contribution in [3.8, 4) is 5.75 Å². The van der Waals surface area contributed by atoms with Crippen LogP contribution in [0.5, 0.6) is 5.75 Å². The molecule has 0 saturated carbocycles. The van der Waals surface area contributed by atoms with Gasteiger partial charge in [-0.05, 0) is 23.6 Å². The lowest BCUT2D eigenvalue weighted by atomic mass is 10.1. The van der Waals surface area contributed by atoms with Crippen molar-refractivity contribution in [2.75, 3.05) is 0 Å². The van der Waals surface area contributed by atoms with E-state index in [0.717, 1.165) is 5.39 Å². The molecular weight excluding hydrogens is 322 g/mol. The Hall–Kier alpha value is -3.74. The molecule has 2 N–H and O–H groups in total. The van der Waals surface area contributed by atoms with E-state index in [2.05, 4.69) is 10.5 Å². The van der Waals surface area contributed by atoms with Gasteiger partial charge >= 0.3 is 0 Å². The van der Waals surface area contributed by atoms with Crippen LogP contribution in [0.1, 0.15) is 15.9 Å². The molecule has 0 saturated heterocycles. The Balaban J connectivity index is 1.73. The Bertz CT molecular complexity index is 981. The lowest BCUT2D eigenvalue weighted by Crippen LogP contribution is -2.17. The highest BCUT2D eigenvalue weighted by molar-refractivity contribution is 5.98.